The van der Waals surface area contributed by atoms with Crippen LogP contribution in [-0.4, -0.2) is 27.8 Å². The molecule has 0 radical (unpaired) electrons. The van der Waals surface area contributed by atoms with E-state index in [1.807, 2.05) is 0 Å². The van der Waals surface area contributed by atoms with Crippen molar-refractivity contribution in [3.05, 3.63) is 39.4 Å². The third kappa shape index (κ3) is 2.72. The number of hydrogen-bond acceptors (Lipinski definition) is 3. The Labute approximate surface area is 120 Å². The Kier molecular flexibility index (Phi) is 4.20. The number of hydrogen-bond donors (Lipinski definition) is 0. The summed E-state index contributed by atoms with van der Waals surface area (Å²) < 4.78 is 28.0. The van der Waals surface area contributed by atoms with Gasteiger partial charge < -0.3 is 4.90 Å². The van der Waals surface area contributed by atoms with Gasteiger partial charge in [0.05, 0.1) is 4.92 Å². The van der Waals surface area contributed by atoms with Crippen LogP contribution in [0, 0.1) is 21.7 Å². The number of halogens is 2. The van der Waals surface area contributed by atoms with Gasteiger partial charge in [-0.2, -0.15) is 4.39 Å². The summed E-state index contributed by atoms with van der Waals surface area (Å²) in [7, 11) is 0. The van der Waals surface area contributed by atoms with Crippen molar-refractivity contribution in [2.45, 2.75) is 45.2 Å². The Morgan fingerprint density at radius 2 is 1.86 bits per heavy atom. The predicted molar refractivity (Wildman–Crippen MR) is 72.0 cm³/mol. The number of nitro groups is 1. The number of rotatable bonds is 2. The van der Waals surface area contributed by atoms with Crippen LogP contribution in [0.1, 0.15) is 43.5 Å². The smallest absolute Gasteiger partial charge is 0.305 e. The normalized spacial score (nSPS) is 22.2. The second-order valence-corrected chi connectivity index (χ2v) is 5.35. The number of piperidine rings is 1. The largest absolute Gasteiger partial charge is 0.333 e. The molecule has 1 saturated heterocycles. The zero-order valence-electron chi connectivity index (χ0n) is 11.8. The van der Waals surface area contributed by atoms with E-state index < -0.39 is 33.7 Å². The van der Waals surface area contributed by atoms with E-state index in [-0.39, 0.29) is 12.1 Å². The molecule has 2 unspecified atom stereocenters. The lowest BCUT2D eigenvalue weighted by Gasteiger charge is -2.39. The van der Waals surface area contributed by atoms with Gasteiger partial charge in [0.25, 0.3) is 5.91 Å². The molecule has 1 aliphatic rings. The first-order valence-electron chi connectivity index (χ1n) is 6.79. The molecule has 1 aromatic carbocycles. The van der Waals surface area contributed by atoms with Gasteiger partial charge in [0, 0.05) is 18.2 Å². The van der Waals surface area contributed by atoms with Gasteiger partial charge in [-0.05, 0) is 39.2 Å². The summed E-state index contributed by atoms with van der Waals surface area (Å²) >= 11 is 0. The van der Waals surface area contributed by atoms with E-state index in [2.05, 4.69) is 0 Å². The number of carbonyl (C=O) groups is 1. The topological polar surface area (TPSA) is 63.5 Å². The van der Waals surface area contributed by atoms with Crippen LogP contribution in [0.25, 0.3) is 0 Å². The minimum atomic E-state index is -1.41. The van der Waals surface area contributed by atoms with Crippen LogP contribution in [0.4, 0.5) is 14.5 Å². The molecule has 5 nitrogen and oxygen atoms in total. The van der Waals surface area contributed by atoms with Crippen molar-refractivity contribution in [3.63, 3.8) is 0 Å². The summed E-state index contributed by atoms with van der Waals surface area (Å²) in [5.41, 5.74) is -1.73. The molecule has 2 atom stereocenters. The summed E-state index contributed by atoms with van der Waals surface area (Å²) in [6, 6.07) is 1.18. The first kappa shape index (κ1) is 15.3. The van der Waals surface area contributed by atoms with Gasteiger partial charge >= 0.3 is 5.69 Å². The number of nitrogens with zero attached hydrogens (tertiary/aromatic N) is 2. The highest BCUT2D eigenvalue weighted by Gasteiger charge is 2.35. The molecule has 0 spiro atoms. The van der Waals surface area contributed by atoms with Gasteiger partial charge in [-0.1, -0.05) is 0 Å². The SMILES string of the molecule is CC1CCCC(C)N1C(=O)c1c(F)ccc([N+](=O)[O-])c1F. The maximum Gasteiger partial charge on any atom is 0.305 e. The number of amides is 1. The van der Waals surface area contributed by atoms with Crippen LogP contribution in [0.5, 0.6) is 0 Å². The second kappa shape index (κ2) is 5.75. The maximum absolute atomic E-state index is 14.1. The average Bonchev–Trinajstić information content (AvgIpc) is 2.38. The molecule has 1 aromatic rings. The fourth-order valence-electron chi connectivity index (χ4n) is 2.83. The van der Waals surface area contributed by atoms with Crippen molar-refractivity contribution in [2.24, 2.45) is 0 Å². The molecule has 0 bridgehead atoms. The van der Waals surface area contributed by atoms with Gasteiger partial charge in [0.15, 0.2) is 0 Å². The van der Waals surface area contributed by atoms with Crippen LogP contribution in [0.2, 0.25) is 0 Å². The number of benzene rings is 1. The van der Waals surface area contributed by atoms with Crippen LogP contribution in [0.15, 0.2) is 12.1 Å². The second-order valence-electron chi connectivity index (χ2n) is 5.35. The van der Waals surface area contributed by atoms with Crippen molar-refractivity contribution in [2.75, 3.05) is 0 Å². The lowest BCUT2D eigenvalue weighted by molar-refractivity contribution is -0.387. The van der Waals surface area contributed by atoms with Crippen molar-refractivity contribution in [3.8, 4) is 0 Å². The summed E-state index contributed by atoms with van der Waals surface area (Å²) in [6.07, 6.45) is 2.43. The highest BCUT2D eigenvalue weighted by Crippen LogP contribution is 2.29. The Bertz CT molecular complexity index is 582. The van der Waals surface area contributed by atoms with Crippen LogP contribution in [0.3, 0.4) is 0 Å². The standard InChI is InChI=1S/C14H16F2N2O3/c1-8-4-3-5-9(2)17(8)14(19)12-10(15)6-7-11(13(12)16)18(20)21/h6-9H,3-5H2,1-2H3. The molecular weight excluding hydrogens is 282 g/mol. The Morgan fingerprint density at radius 3 is 2.38 bits per heavy atom. The van der Waals surface area contributed by atoms with Crippen molar-refractivity contribution < 1.29 is 18.5 Å². The number of nitro benzene ring substituents is 1. The first-order valence-corrected chi connectivity index (χ1v) is 6.79. The van der Waals surface area contributed by atoms with Gasteiger partial charge in [0.1, 0.15) is 11.4 Å². The molecule has 0 saturated carbocycles. The summed E-state index contributed by atoms with van der Waals surface area (Å²) in [5, 5.41) is 10.7. The number of likely N-dealkylation sites (tertiary alicyclic amines) is 1. The van der Waals surface area contributed by atoms with Gasteiger partial charge in [-0.25, -0.2) is 4.39 Å². The molecule has 1 heterocycles. The van der Waals surface area contributed by atoms with E-state index in [1.165, 1.54) is 4.90 Å². The summed E-state index contributed by atoms with van der Waals surface area (Å²) in [5.74, 6) is -3.31. The Hall–Kier alpha value is -2.05. The minimum absolute atomic E-state index is 0.153. The molecule has 0 N–H and O–H groups in total. The Balaban J connectivity index is 2.47. The monoisotopic (exact) mass is 298 g/mol. The van der Waals surface area contributed by atoms with Crippen molar-refractivity contribution >= 4 is 11.6 Å². The molecule has 114 valence electrons. The fraction of sp³-hybridized carbons (Fsp3) is 0.500. The molecule has 0 aliphatic carbocycles. The number of carbonyl (C=O) groups excluding carboxylic acids is 1. The minimum Gasteiger partial charge on any atom is -0.333 e. The maximum atomic E-state index is 14.1. The highest BCUT2D eigenvalue weighted by atomic mass is 19.1. The van der Waals surface area contributed by atoms with E-state index >= 15 is 0 Å². The highest BCUT2D eigenvalue weighted by molar-refractivity contribution is 5.96. The Morgan fingerprint density at radius 1 is 1.29 bits per heavy atom. The third-order valence-corrected chi connectivity index (χ3v) is 3.91. The molecule has 0 aromatic heterocycles. The predicted octanol–water partition coefficient (Wildman–Crippen LogP) is 3.28. The first-order chi connectivity index (χ1) is 9.84. The molecule has 7 heteroatoms. The fourth-order valence-corrected chi connectivity index (χ4v) is 2.83. The van der Waals surface area contributed by atoms with Gasteiger partial charge in [0.2, 0.25) is 5.82 Å². The molecular formula is C14H16F2N2O3. The lowest BCUT2D eigenvalue weighted by Crippen LogP contribution is -2.48. The van der Waals surface area contributed by atoms with E-state index in [0.717, 1.165) is 31.4 Å². The lowest BCUT2D eigenvalue weighted by atomic mass is 9.96. The molecule has 21 heavy (non-hydrogen) atoms. The van der Waals surface area contributed by atoms with Crippen molar-refractivity contribution in [1.29, 1.82) is 0 Å². The summed E-state index contributed by atoms with van der Waals surface area (Å²) in [4.78, 5) is 23.6. The van der Waals surface area contributed by atoms with Gasteiger partial charge in [-0.15, -0.1) is 0 Å². The zero-order chi connectivity index (χ0) is 15.7. The van der Waals surface area contributed by atoms with Crippen LogP contribution < -0.4 is 0 Å². The zero-order valence-corrected chi connectivity index (χ0v) is 11.8. The van der Waals surface area contributed by atoms with E-state index in [0.29, 0.717) is 0 Å². The molecule has 1 fully saturated rings. The molecule has 2 rings (SSSR count). The molecule has 1 amide bonds. The third-order valence-electron chi connectivity index (χ3n) is 3.91. The van der Waals surface area contributed by atoms with Crippen molar-refractivity contribution in [1.82, 2.24) is 4.90 Å². The summed E-state index contributed by atoms with van der Waals surface area (Å²) in [6.45, 7) is 3.61. The van der Waals surface area contributed by atoms with E-state index in [1.54, 1.807) is 13.8 Å². The van der Waals surface area contributed by atoms with E-state index in [9.17, 15) is 23.7 Å². The van der Waals surface area contributed by atoms with Gasteiger partial charge in [-0.3, -0.25) is 14.9 Å². The van der Waals surface area contributed by atoms with Crippen LogP contribution >= 0.6 is 0 Å². The quantitative estimate of drug-likeness (QED) is 0.621. The molecule has 1 aliphatic heterocycles. The van der Waals surface area contributed by atoms with E-state index in [4.69, 9.17) is 0 Å². The average molecular weight is 298 g/mol. The van der Waals surface area contributed by atoms with Crippen LogP contribution in [-0.2, 0) is 0 Å².